The second kappa shape index (κ2) is 1.71. The molecule has 0 aliphatic rings. The molecular weight excluding hydrogens is 100 g/mol. The molecule has 0 atom stereocenters. The lowest BCUT2D eigenvalue weighted by Crippen LogP contribution is -2.59. The first kappa shape index (κ1) is 7.92. The van der Waals surface area contributed by atoms with Crippen LogP contribution in [-0.2, 0) is 0 Å². The molecule has 0 fully saturated rings. The lowest BCUT2D eigenvalue weighted by atomic mass is 10.2. The van der Waals surface area contributed by atoms with Crippen LogP contribution in [0.5, 0.6) is 0 Å². The SMILES string of the molecule is CC(C)(N)[N+](C)(C)C. The molecule has 0 aromatic carbocycles. The van der Waals surface area contributed by atoms with E-state index in [1.54, 1.807) is 0 Å². The van der Waals surface area contributed by atoms with Gasteiger partial charge in [-0.2, -0.15) is 0 Å². The smallest absolute Gasteiger partial charge is 0.144 e. The highest BCUT2D eigenvalue weighted by Gasteiger charge is 2.26. The summed E-state index contributed by atoms with van der Waals surface area (Å²) in [5, 5.41) is 0. The fourth-order valence-corrected chi connectivity index (χ4v) is 0. The van der Waals surface area contributed by atoms with Crippen molar-refractivity contribution in [1.29, 1.82) is 0 Å². The van der Waals surface area contributed by atoms with E-state index in [4.69, 9.17) is 5.73 Å². The summed E-state index contributed by atoms with van der Waals surface area (Å²) in [6, 6.07) is 0. The van der Waals surface area contributed by atoms with Crippen LogP contribution in [-0.4, -0.2) is 31.3 Å². The van der Waals surface area contributed by atoms with Gasteiger partial charge in [-0.25, -0.2) is 0 Å². The van der Waals surface area contributed by atoms with E-state index in [2.05, 4.69) is 21.1 Å². The summed E-state index contributed by atoms with van der Waals surface area (Å²) in [5.74, 6) is 0. The van der Waals surface area contributed by atoms with E-state index >= 15 is 0 Å². The third kappa shape index (κ3) is 1.80. The molecule has 0 rings (SSSR count). The van der Waals surface area contributed by atoms with E-state index in [1.807, 2.05) is 13.8 Å². The molecule has 0 aliphatic heterocycles. The van der Waals surface area contributed by atoms with Crippen LogP contribution in [0.2, 0.25) is 0 Å². The van der Waals surface area contributed by atoms with E-state index in [0.717, 1.165) is 4.48 Å². The molecule has 0 saturated carbocycles. The standard InChI is InChI=1S/C6H17N2/c1-6(2,7)8(3,4)5/h7H2,1-5H3/q+1. The summed E-state index contributed by atoms with van der Waals surface area (Å²) in [6.45, 7) is 4.04. The molecule has 0 spiro atoms. The summed E-state index contributed by atoms with van der Waals surface area (Å²) in [4.78, 5) is 0. The summed E-state index contributed by atoms with van der Waals surface area (Å²) in [7, 11) is 6.25. The first-order chi connectivity index (χ1) is 3.25. The highest BCUT2D eigenvalue weighted by Crippen LogP contribution is 2.08. The maximum Gasteiger partial charge on any atom is 0.144 e. The minimum absolute atomic E-state index is 0.125. The predicted octanol–water partition coefficient (Wildman–Crippen LogP) is 0.387. The minimum atomic E-state index is -0.125. The Kier molecular flexibility index (Phi) is 1.69. The van der Waals surface area contributed by atoms with Gasteiger partial charge in [-0.3, -0.25) is 5.73 Å². The Labute approximate surface area is 51.9 Å². The first-order valence-electron chi connectivity index (χ1n) is 2.85. The van der Waals surface area contributed by atoms with Gasteiger partial charge in [0.25, 0.3) is 0 Å². The number of rotatable bonds is 1. The van der Waals surface area contributed by atoms with Crippen LogP contribution in [0.4, 0.5) is 0 Å². The molecule has 2 nitrogen and oxygen atoms in total. The zero-order valence-corrected chi connectivity index (χ0v) is 6.52. The number of hydrogen-bond donors (Lipinski definition) is 1. The molecule has 0 unspecified atom stereocenters. The molecule has 0 aromatic rings. The van der Waals surface area contributed by atoms with Crippen molar-refractivity contribution in [3.63, 3.8) is 0 Å². The molecule has 2 heteroatoms. The fraction of sp³-hybridized carbons (Fsp3) is 1.00. The Balaban J connectivity index is 4.02. The van der Waals surface area contributed by atoms with E-state index < -0.39 is 0 Å². The van der Waals surface area contributed by atoms with Crippen molar-refractivity contribution < 1.29 is 4.48 Å². The zero-order valence-electron chi connectivity index (χ0n) is 6.52. The van der Waals surface area contributed by atoms with Gasteiger partial charge in [-0.1, -0.05) is 0 Å². The van der Waals surface area contributed by atoms with E-state index in [-0.39, 0.29) is 5.66 Å². The Morgan fingerprint density at radius 2 is 1.25 bits per heavy atom. The summed E-state index contributed by atoms with van der Waals surface area (Å²) in [5.41, 5.74) is 5.66. The molecular formula is C6H17N2+. The average molecular weight is 117 g/mol. The van der Waals surface area contributed by atoms with Crippen LogP contribution in [0.25, 0.3) is 0 Å². The van der Waals surface area contributed by atoms with Crippen LogP contribution >= 0.6 is 0 Å². The normalized spacial score (nSPS) is 14.2. The van der Waals surface area contributed by atoms with E-state index in [9.17, 15) is 0 Å². The quantitative estimate of drug-likeness (QED) is 0.390. The fourth-order valence-electron chi connectivity index (χ4n) is 0. The van der Waals surface area contributed by atoms with Gasteiger partial charge in [0.15, 0.2) is 0 Å². The van der Waals surface area contributed by atoms with Gasteiger partial charge in [-0.15, -0.1) is 0 Å². The summed E-state index contributed by atoms with van der Waals surface area (Å²) in [6.07, 6.45) is 0. The summed E-state index contributed by atoms with van der Waals surface area (Å²) >= 11 is 0. The van der Waals surface area contributed by atoms with E-state index in [0.29, 0.717) is 0 Å². The Bertz CT molecular complexity index is 61.5. The lowest BCUT2D eigenvalue weighted by molar-refractivity contribution is -0.919. The molecule has 0 heterocycles. The molecule has 0 radical (unpaired) electrons. The maximum atomic E-state index is 5.78. The molecule has 0 aromatic heterocycles. The number of nitrogens with two attached hydrogens (primary N) is 1. The Morgan fingerprint density at radius 3 is 1.25 bits per heavy atom. The molecule has 0 aliphatic carbocycles. The Hall–Kier alpha value is -0.0800. The van der Waals surface area contributed by atoms with Crippen molar-refractivity contribution in [2.45, 2.75) is 19.5 Å². The third-order valence-corrected chi connectivity index (χ3v) is 1.73. The van der Waals surface area contributed by atoms with Crippen molar-refractivity contribution in [1.82, 2.24) is 0 Å². The van der Waals surface area contributed by atoms with Crippen molar-refractivity contribution in [3.05, 3.63) is 0 Å². The van der Waals surface area contributed by atoms with Gasteiger partial charge in [0.2, 0.25) is 0 Å². The van der Waals surface area contributed by atoms with Crippen LogP contribution in [0, 0.1) is 0 Å². The molecule has 50 valence electrons. The van der Waals surface area contributed by atoms with Crippen molar-refractivity contribution in [2.75, 3.05) is 21.1 Å². The largest absolute Gasteiger partial charge is 0.314 e. The third-order valence-electron chi connectivity index (χ3n) is 1.73. The minimum Gasteiger partial charge on any atom is -0.314 e. The molecule has 0 saturated heterocycles. The maximum absolute atomic E-state index is 5.78. The van der Waals surface area contributed by atoms with Gasteiger partial charge >= 0.3 is 0 Å². The molecule has 0 amide bonds. The van der Waals surface area contributed by atoms with Gasteiger partial charge in [0, 0.05) is 13.8 Å². The van der Waals surface area contributed by atoms with Crippen molar-refractivity contribution in [3.8, 4) is 0 Å². The van der Waals surface area contributed by atoms with Gasteiger partial charge in [0.05, 0.1) is 21.1 Å². The number of hydrogen-bond acceptors (Lipinski definition) is 1. The molecule has 2 N–H and O–H groups in total. The second-order valence-corrected chi connectivity index (χ2v) is 3.67. The lowest BCUT2D eigenvalue weighted by Gasteiger charge is -2.37. The number of nitrogens with zero attached hydrogens (tertiary/aromatic N) is 1. The summed E-state index contributed by atoms with van der Waals surface area (Å²) < 4.78 is 0.799. The second-order valence-electron chi connectivity index (χ2n) is 3.67. The zero-order chi connectivity index (χ0) is 7.00. The van der Waals surface area contributed by atoms with Crippen LogP contribution in [0.1, 0.15) is 13.8 Å². The predicted molar refractivity (Wildman–Crippen MR) is 36.3 cm³/mol. The molecule has 0 bridgehead atoms. The van der Waals surface area contributed by atoms with Crippen molar-refractivity contribution >= 4 is 0 Å². The Morgan fingerprint density at radius 1 is 1.12 bits per heavy atom. The highest BCUT2D eigenvalue weighted by atomic mass is 15.4. The van der Waals surface area contributed by atoms with Gasteiger partial charge < -0.3 is 4.48 Å². The van der Waals surface area contributed by atoms with Crippen LogP contribution in [0.3, 0.4) is 0 Å². The van der Waals surface area contributed by atoms with Crippen LogP contribution in [0.15, 0.2) is 0 Å². The average Bonchev–Trinajstić information content (AvgIpc) is 1.25. The monoisotopic (exact) mass is 117 g/mol. The first-order valence-corrected chi connectivity index (χ1v) is 2.85. The van der Waals surface area contributed by atoms with Crippen LogP contribution < -0.4 is 5.73 Å². The van der Waals surface area contributed by atoms with E-state index in [1.165, 1.54) is 0 Å². The molecule has 8 heavy (non-hydrogen) atoms. The number of quaternary nitrogens is 1. The van der Waals surface area contributed by atoms with Gasteiger partial charge in [0.1, 0.15) is 5.66 Å². The van der Waals surface area contributed by atoms with Crippen molar-refractivity contribution in [2.24, 2.45) is 5.73 Å². The topological polar surface area (TPSA) is 26.0 Å². The highest BCUT2D eigenvalue weighted by molar-refractivity contribution is 4.54. The van der Waals surface area contributed by atoms with Gasteiger partial charge in [-0.05, 0) is 0 Å².